The summed E-state index contributed by atoms with van der Waals surface area (Å²) < 4.78 is 0. The van der Waals surface area contributed by atoms with Gasteiger partial charge in [0.25, 0.3) is 11.8 Å². The molecule has 0 saturated carbocycles. The molecule has 1 atom stereocenters. The molecule has 2 aliphatic heterocycles. The summed E-state index contributed by atoms with van der Waals surface area (Å²) in [6, 6.07) is 12.2. The van der Waals surface area contributed by atoms with Gasteiger partial charge in [-0.25, -0.2) is 0 Å². The highest BCUT2D eigenvalue weighted by atomic mass is 35.5. The second kappa shape index (κ2) is 10.9. The van der Waals surface area contributed by atoms with Gasteiger partial charge in [-0.1, -0.05) is 46.6 Å². The van der Waals surface area contributed by atoms with Gasteiger partial charge in [-0.05, 0) is 55.6 Å². The summed E-state index contributed by atoms with van der Waals surface area (Å²) in [6.45, 7) is 2.38. The zero-order valence-electron chi connectivity index (χ0n) is 18.9. The largest absolute Gasteiger partial charge is 0.399 e. The van der Waals surface area contributed by atoms with Gasteiger partial charge in [0.15, 0.2) is 0 Å². The second-order valence-electron chi connectivity index (χ2n) is 8.59. The van der Waals surface area contributed by atoms with Crippen LogP contribution in [0.25, 0.3) is 0 Å². The number of piperidine rings is 1. The van der Waals surface area contributed by atoms with Crippen molar-refractivity contribution in [2.45, 2.75) is 31.3 Å². The SMILES string of the molecule is CO/N=C(\CN1C(=O)c2ccccc2C1=O)C(CCN1CCC(O)CC1)c1ccc(Cl)c(Cl)c1. The molecular formula is C25H27Cl2N3O4. The number of fused-ring (bicyclic) bond motifs is 1. The maximum atomic E-state index is 13.0. The van der Waals surface area contributed by atoms with E-state index in [4.69, 9.17) is 28.0 Å². The van der Waals surface area contributed by atoms with Crippen molar-refractivity contribution in [1.29, 1.82) is 0 Å². The second-order valence-corrected chi connectivity index (χ2v) is 9.41. The Labute approximate surface area is 208 Å². The van der Waals surface area contributed by atoms with E-state index >= 15 is 0 Å². The van der Waals surface area contributed by atoms with Crippen molar-refractivity contribution in [2.75, 3.05) is 33.3 Å². The molecule has 4 rings (SSSR count). The summed E-state index contributed by atoms with van der Waals surface area (Å²) in [5.41, 5.74) is 2.20. The van der Waals surface area contributed by atoms with E-state index in [0.717, 1.165) is 38.0 Å². The maximum absolute atomic E-state index is 13.0. The molecule has 0 aromatic heterocycles. The van der Waals surface area contributed by atoms with E-state index in [9.17, 15) is 14.7 Å². The lowest BCUT2D eigenvalue weighted by Crippen LogP contribution is -2.39. The first-order valence-corrected chi connectivity index (χ1v) is 12.0. The minimum atomic E-state index is -0.345. The smallest absolute Gasteiger partial charge is 0.261 e. The van der Waals surface area contributed by atoms with Crippen molar-refractivity contribution in [3.05, 3.63) is 69.2 Å². The molecule has 34 heavy (non-hydrogen) atoms. The molecule has 2 aliphatic rings. The minimum absolute atomic E-state index is 0.00378. The summed E-state index contributed by atoms with van der Waals surface area (Å²) in [5, 5.41) is 14.9. The number of likely N-dealkylation sites (tertiary alicyclic amines) is 1. The van der Waals surface area contributed by atoms with Gasteiger partial charge in [-0.15, -0.1) is 0 Å². The van der Waals surface area contributed by atoms with Crippen molar-refractivity contribution < 1.29 is 19.5 Å². The lowest BCUT2D eigenvalue weighted by atomic mass is 9.90. The summed E-state index contributed by atoms with van der Waals surface area (Å²) >= 11 is 12.5. The first-order chi connectivity index (χ1) is 16.4. The van der Waals surface area contributed by atoms with Crippen LogP contribution < -0.4 is 0 Å². The molecule has 0 bridgehead atoms. The lowest BCUT2D eigenvalue weighted by Gasteiger charge is -2.31. The average molecular weight is 504 g/mol. The van der Waals surface area contributed by atoms with Crippen molar-refractivity contribution in [2.24, 2.45) is 5.16 Å². The zero-order valence-corrected chi connectivity index (χ0v) is 20.4. The number of nitrogens with zero attached hydrogens (tertiary/aromatic N) is 3. The summed E-state index contributed by atoms with van der Waals surface area (Å²) in [6.07, 6.45) is 1.90. The predicted octanol–water partition coefficient (Wildman–Crippen LogP) is 4.22. The van der Waals surface area contributed by atoms with Gasteiger partial charge < -0.3 is 14.8 Å². The molecule has 1 fully saturated rings. The van der Waals surface area contributed by atoms with Gasteiger partial charge in [-0.2, -0.15) is 0 Å². The number of aliphatic hydroxyl groups is 1. The van der Waals surface area contributed by atoms with Crippen molar-refractivity contribution in [3.63, 3.8) is 0 Å². The third-order valence-corrected chi connectivity index (χ3v) is 7.19. The average Bonchev–Trinajstić information content (AvgIpc) is 3.07. The van der Waals surface area contributed by atoms with Crippen molar-refractivity contribution >= 4 is 40.7 Å². The van der Waals surface area contributed by atoms with Gasteiger partial charge >= 0.3 is 0 Å². The standard InChI is InChI=1S/C25H27Cl2N3O4/c1-34-28-23(15-30-24(32)19-4-2-3-5-20(19)25(30)33)18(16-6-7-21(26)22(27)14-16)10-13-29-11-8-17(31)9-12-29/h2-7,14,17-18,31H,8-13,15H2,1H3/b28-23+. The Morgan fingerprint density at radius 3 is 2.32 bits per heavy atom. The quantitative estimate of drug-likeness (QED) is 0.331. The molecule has 0 spiro atoms. The fraction of sp³-hybridized carbons (Fsp3) is 0.400. The van der Waals surface area contributed by atoms with E-state index in [2.05, 4.69) is 10.1 Å². The highest BCUT2D eigenvalue weighted by Gasteiger charge is 2.37. The Balaban J connectivity index is 1.60. The number of carbonyl (C=O) groups excluding carboxylic acids is 2. The molecule has 9 heteroatoms. The van der Waals surface area contributed by atoms with E-state index in [1.807, 2.05) is 6.07 Å². The fourth-order valence-electron chi connectivity index (χ4n) is 4.57. The monoisotopic (exact) mass is 503 g/mol. The van der Waals surface area contributed by atoms with Gasteiger partial charge in [0, 0.05) is 19.0 Å². The number of hydrogen-bond donors (Lipinski definition) is 1. The molecule has 2 heterocycles. The lowest BCUT2D eigenvalue weighted by molar-refractivity contribution is 0.0674. The fourth-order valence-corrected chi connectivity index (χ4v) is 4.88. The van der Waals surface area contributed by atoms with E-state index in [1.165, 1.54) is 12.0 Å². The number of oxime groups is 1. The van der Waals surface area contributed by atoms with E-state index in [1.54, 1.807) is 36.4 Å². The van der Waals surface area contributed by atoms with Crippen LogP contribution in [0.15, 0.2) is 47.6 Å². The molecule has 2 amide bonds. The molecule has 1 unspecified atom stereocenters. The Morgan fingerprint density at radius 2 is 1.74 bits per heavy atom. The van der Waals surface area contributed by atoms with Gasteiger partial charge in [0.2, 0.25) is 0 Å². The zero-order chi connectivity index (χ0) is 24.2. The number of aliphatic hydroxyl groups excluding tert-OH is 1. The molecule has 2 aromatic carbocycles. The minimum Gasteiger partial charge on any atom is -0.399 e. The van der Waals surface area contributed by atoms with Gasteiger partial charge in [0.05, 0.1) is 39.5 Å². The first-order valence-electron chi connectivity index (χ1n) is 11.3. The van der Waals surface area contributed by atoms with Crippen LogP contribution in [0.1, 0.15) is 51.5 Å². The Morgan fingerprint density at radius 1 is 1.09 bits per heavy atom. The number of amides is 2. The van der Waals surface area contributed by atoms with Crippen LogP contribution in [0.5, 0.6) is 0 Å². The number of benzene rings is 2. The van der Waals surface area contributed by atoms with Crippen LogP contribution in [0, 0.1) is 0 Å². The van der Waals surface area contributed by atoms with Crippen LogP contribution in [-0.4, -0.2) is 71.8 Å². The van der Waals surface area contributed by atoms with E-state index in [0.29, 0.717) is 33.3 Å². The van der Waals surface area contributed by atoms with E-state index < -0.39 is 0 Å². The number of imide groups is 1. The molecule has 2 aromatic rings. The normalized spacial score (nSPS) is 18.4. The molecule has 1 saturated heterocycles. The molecular weight excluding hydrogens is 477 g/mol. The molecule has 0 aliphatic carbocycles. The van der Waals surface area contributed by atoms with Crippen LogP contribution >= 0.6 is 23.2 Å². The first kappa shape index (κ1) is 24.7. The summed E-state index contributed by atoms with van der Waals surface area (Å²) in [5.74, 6) is -0.949. The summed E-state index contributed by atoms with van der Waals surface area (Å²) in [7, 11) is 1.44. The number of hydrogen-bond acceptors (Lipinski definition) is 6. The summed E-state index contributed by atoms with van der Waals surface area (Å²) in [4.78, 5) is 34.6. The van der Waals surface area contributed by atoms with Crippen molar-refractivity contribution in [3.8, 4) is 0 Å². The highest BCUT2D eigenvalue weighted by molar-refractivity contribution is 6.42. The number of carbonyl (C=O) groups is 2. The Kier molecular flexibility index (Phi) is 7.88. The van der Waals surface area contributed by atoms with Crippen LogP contribution in [0.3, 0.4) is 0 Å². The highest BCUT2D eigenvalue weighted by Crippen LogP contribution is 2.31. The van der Waals surface area contributed by atoms with Crippen LogP contribution in [-0.2, 0) is 4.84 Å². The number of halogens is 2. The third-order valence-electron chi connectivity index (χ3n) is 6.45. The Bertz CT molecular complexity index is 1060. The molecule has 7 nitrogen and oxygen atoms in total. The van der Waals surface area contributed by atoms with Crippen LogP contribution in [0.4, 0.5) is 0 Å². The van der Waals surface area contributed by atoms with Gasteiger partial charge in [-0.3, -0.25) is 14.5 Å². The third kappa shape index (κ3) is 5.28. The van der Waals surface area contributed by atoms with Crippen LogP contribution in [0.2, 0.25) is 10.0 Å². The van der Waals surface area contributed by atoms with Gasteiger partial charge in [0.1, 0.15) is 7.11 Å². The topological polar surface area (TPSA) is 82.4 Å². The molecule has 180 valence electrons. The molecule has 1 N–H and O–H groups in total. The van der Waals surface area contributed by atoms with Crippen molar-refractivity contribution in [1.82, 2.24) is 9.80 Å². The predicted molar refractivity (Wildman–Crippen MR) is 132 cm³/mol. The molecule has 0 radical (unpaired) electrons. The Hall–Kier alpha value is -2.45. The van der Waals surface area contributed by atoms with E-state index in [-0.39, 0.29) is 30.4 Å². The maximum Gasteiger partial charge on any atom is 0.261 e. The number of rotatable bonds is 8.